The summed E-state index contributed by atoms with van der Waals surface area (Å²) in [7, 11) is 0. The van der Waals surface area contributed by atoms with Crippen LogP contribution in [0.15, 0.2) is 15.4 Å². The van der Waals surface area contributed by atoms with Crippen molar-refractivity contribution in [1.29, 1.82) is 0 Å². The first-order valence-corrected chi connectivity index (χ1v) is 2.46. The predicted molar refractivity (Wildman–Crippen MR) is 32.3 cm³/mol. The monoisotopic (exact) mass is 195 g/mol. The highest BCUT2D eigenvalue weighted by Gasteiger charge is 1.49. The van der Waals surface area contributed by atoms with E-state index in [0.29, 0.717) is 0 Å². The topological polar surface area (TPSA) is 48.8 Å². The molecule has 6 heavy (non-hydrogen) atoms. The quantitative estimate of drug-likeness (QED) is 0.266. The molecule has 0 radical (unpaired) electrons. The summed E-state index contributed by atoms with van der Waals surface area (Å²) in [4.78, 5) is 2.46. The van der Waals surface area contributed by atoms with Crippen LogP contribution in [0.2, 0.25) is 0 Å². The van der Waals surface area contributed by atoms with Crippen molar-refractivity contribution in [2.45, 2.75) is 0 Å². The maximum Gasteiger partial charge on any atom is 0.00697 e. The first-order chi connectivity index (χ1) is 2.91. The Morgan fingerprint density at radius 2 is 2.50 bits per heavy atom. The van der Waals surface area contributed by atoms with E-state index in [9.17, 15) is 0 Å². The lowest BCUT2D eigenvalue weighted by molar-refractivity contribution is 1.53. The van der Waals surface area contributed by atoms with E-state index in [1.807, 2.05) is 22.6 Å². The molecule has 0 fully saturated rings. The number of nitrogens with zero attached hydrogens (tertiary/aromatic N) is 3. The van der Waals surface area contributed by atoms with Gasteiger partial charge in [0.25, 0.3) is 0 Å². The van der Waals surface area contributed by atoms with E-state index in [-0.39, 0.29) is 0 Å². The van der Waals surface area contributed by atoms with E-state index >= 15 is 0 Å². The third kappa shape index (κ3) is 3.78. The van der Waals surface area contributed by atoms with Gasteiger partial charge in [-0.2, -0.15) is 0 Å². The summed E-state index contributed by atoms with van der Waals surface area (Å²) in [5, 5.41) is 3.08. The molecule has 0 aromatic rings. The predicted octanol–water partition coefficient (Wildman–Crippen LogP) is 2.20. The second-order valence-corrected chi connectivity index (χ2v) is 1.20. The van der Waals surface area contributed by atoms with Gasteiger partial charge in [0.05, 0.1) is 0 Å². The fourth-order valence-corrected chi connectivity index (χ4v) is 0.199. The van der Waals surface area contributed by atoms with Gasteiger partial charge < -0.3 is 0 Å². The Bertz CT molecular complexity index is 91.0. The van der Waals surface area contributed by atoms with Gasteiger partial charge in [-0.05, 0) is 9.61 Å². The Hall–Kier alpha value is -0.220. The second-order valence-electron chi connectivity index (χ2n) is 0.480. The van der Waals surface area contributed by atoms with Crippen molar-refractivity contribution in [3.8, 4) is 0 Å². The zero-order valence-corrected chi connectivity index (χ0v) is 5.03. The molecule has 4 heteroatoms. The molecule has 0 N–H and O–H groups in total. The van der Waals surface area contributed by atoms with E-state index < -0.39 is 0 Å². The average molecular weight is 195 g/mol. The highest BCUT2D eigenvalue weighted by Crippen LogP contribution is 1.82. The van der Waals surface area contributed by atoms with Gasteiger partial charge in [0.1, 0.15) is 0 Å². The number of rotatable bonds is 1. The molecular formula is C2H2IN3. The Morgan fingerprint density at radius 3 is 2.67 bits per heavy atom. The van der Waals surface area contributed by atoms with Crippen molar-refractivity contribution in [3.05, 3.63) is 20.7 Å². The van der Waals surface area contributed by atoms with Gasteiger partial charge in [0.2, 0.25) is 0 Å². The van der Waals surface area contributed by atoms with Crippen molar-refractivity contribution >= 4 is 22.6 Å². The fraction of sp³-hybridized carbons (Fsp3) is 0. The Balaban J connectivity index is 3.33. The Kier molecular flexibility index (Phi) is 4.60. The third-order valence-electron chi connectivity index (χ3n) is 0.175. The molecule has 0 unspecified atom stereocenters. The van der Waals surface area contributed by atoms with Crippen LogP contribution < -0.4 is 0 Å². The maximum atomic E-state index is 7.60. The van der Waals surface area contributed by atoms with Crippen molar-refractivity contribution in [2.75, 3.05) is 0 Å². The molecular weight excluding hydrogens is 193 g/mol. The lowest BCUT2D eigenvalue weighted by atomic mass is 11.1. The van der Waals surface area contributed by atoms with Crippen LogP contribution in [-0.2, 0) is 0 Å². The van der Waals surface area contributed by atoms with Crippen LogP contribution in [0.1, 0.15) is 0 Å². The van der Waals surface area contributed by atoms with E-state index in [1.54, 1.807) is 4.08 Å². The molecule has 0 aliphatic carbocycles. The molecule has 3 nitrogen and oxygen atoms in total. The summed E-state index contributed by atoms with van der Waals surface area (Å²) in [6.07, 6.45) is 1.38. The molecule has 0 spiro atoms. The summed E-state index contributed by atoms with van der Waals surface area (Å²) in [5.74, 6) is 0. The number of halogens is 1. The molecule has 0 atom stereocenters. The summed E-state index contributed by atoms with van der Waals surface area (Å²) in [5.41, 5.74) is 7.60. The standard InChI is InChI=1S/C2H2IN3/c3-1-2-5-6-4/h1-2H. The van der Waals surface area contributed by atoms with Crippen LogP contribution in [0, 0.1) is 0 Å². The molecule has 0 saturated carbocycles. The number of hydrogen-bond acceptors (Lipinski definition) is 1. The zero-order valence-electron chi connectivity index (χ0n) is 2.87. The lowest BCUT2D eigenvalue weighted by Gasteiger charge is -1.53. The van der Waals surface area contributed by atoms with E-state index in [4.69, 9.17) is 5.53 Å². The van der Waals surface area contributed by atoms with Gasteiger partial charge in [-0.15, -0.1) is 0 Å². The van der Waals surface area contributed by atoms with Gasteiger partial charge in [0, 0.05) is 11.1 Å². The molecule has 32 valence electrons. The highest BCUT2D eigenvalue weighted by molar-refractivity contribution is 14.1. The van der Waals surface area contributed by atoms with Crippen LogP contribution in [0.4, 0.5) is 0 Å². The molecule has 0 amide bonds. The van der Waals surface area contributed by atoms with Gasteiger partial charge in [-0.25, -0.2) is 0 Å². The summed E-state index contributed by atoms with van der Waals surface area (Å²) in [6, 6.07) is 0. The molecule has 0 aromatic carbocycles. The molecule has 0 rings (SSSR count). The molecule has 0 aliphatic heterocycles. The summed E-state index contributed by atoms with van der Waals surface area (Å²) in [6.45, 7) is 0. The van der Waals surface area contributed by atoms with Crippen LogP contribution in [0.25, 0.3) is 10.4 Å². The van der Waals surface area contributed by atoms with Gasteiger partial charge in [-0.1, -0.05) is 27.7 Å². The smallest absolute Gasteiger partial charge is 0.00697 e. The number of hydrogen-bond donors (Lipinski definition) is 0. The van der Waals surface area contributed by atoms with Crippen LogP contribution in [0.3, 0.4) is 0 Å². The highest BCUT2D eigenvalue weighted by atomic mass is 127. The maximum absolute atomic E-state index is 7.60. The largest absolute Gasteiger partial charge is 0.0681 e. The minimum atomic E-state index is 1.38. The van der Waals surface area contributed by atoms with Crippen LogP contribution >= 0.6 is 22.6 Å². The van der Waals surface area contributed by atoms with E-state index in [1.165, 1.54) is 6.20 Å². The zero-order chi connectivity index (χ0) is 4.83. The minimum Gasteiger partial charge on any atom is -0.0681 e. The normalized spacial score (nSPS) is 8.17. The van der Waals surface area contributed by atoms with Crippen molar-refractivity contribution < 1.29 is 0 Å². The van der Waals surface area contributed by atoms with E-state index in [0.717, 1.165) is 0 Å². The van der Waals surface area contributed by atoms with Crippen LogP contribution in [0.5, 0.6) is 0 Å². The second kappa shape index (κ2) is 4.78. The molecule has 0 bridgehead atoms. The molecule has 0 aromatic heterocycles. The van der Waals surface area contributed by atoms with Gasteiger partial charge in [-0.3, -0.25) is 0 Å². The Morgan fingerprint density at radius 1 is 1.83 bits per heavy atom. The first-order valence-electron chi connectivity index (χ1n) is 1.21. The summed E-state index contributed by atoms with van der Waals surface area (Å²) < 4.78 is 1.64. The molecule has 0 saturated heterocycles. The average Bonchev–Trinajstić information content (AvgIpc) is 1.61. The van der Waals surface area contributed by atoms with Crippen molar-refractivity contribution in [1.82, 2.24) is 0 Å². The third-order valence-corrected chi connectivity index (χ3v) is 0.496. The first kappa shape index (κ1) is 5.78. The van der Waals surface area contributed by atoms with Crippen LogP contribution in [-0.4, -0.2) is 0 Å². The number of azide groups is 1. The molecule has 0 heterocycles. The van der Waals surface area contributed by atoms with Crippen molar-refractivity contribution in [2.24, 2.45) is 5.11 Å². The molecule has 0 aliphatic rings. The lowest BCUT2D eigenvalue weighted by Crippen LogP contribution is -1.29. The minimum absolute atomic E-state index is 1.38. The Labute approximate surface area is 48.8 Å². The van der Waals surface area contributed by atoms with E-state index in [2.05, 4.69) is 10.0 Å². The SMILES string of the molecule is [N-]=[N+]=NC=CI. The summed E-state index contributed by atoms with van der Waals surface area (Å²) >= 11 is 1.97. The van der Waals surface area contributed by atoms with Gasteiger partial charge in [0.15, 0.2) is 0 Å². The van der Waals surface area contributed by atoms with Crippen molar-refractivity contribution in [3.63, 3.8) is 0 Å². The van der Waals surface area contributed by atoms with Gasteiger partial charge >= 0.3 is 0 Å². The fourth-order valence-electron chi connectivity index (χ4n) is 0.0550.